The summed E-state index contributed by atoms with van der Waals surface area (Å²) in [5.74, 6) is 0.944. The topological polar surface area (TPSA) is 41.6 Å². The molecule has 1 amide bonds. The Morgan fingerprint density at radius 1 is 1.24 bits per heavy atom. The van der Waals surface area contributed by atoms with Crippen LogP contribution in [0, 0.1) is 5.92 Å². The molecule has 17 heavy (non-hydrogen) atoms. The van der Waals surface area contributed by atoms with Gasteiger partial charge in [-0.15, -0.1) is 0 Å². The Bertz CT molecular complexity index is 244. The lowest BCUT2D eigenvalue weighted by Crippen LogP contribution is -2.41. The van der Waals surface area contributed by atoms with Gasteiger partial charge < -0.3 is 15.0 Å². The molecule has 98 valence electrons. The fraction of sp³-hybridized carbons (Fsp3) is 0.923. The maximum Gasteiger partial charge on any atom is 0.248 e. The third-order valence-corrected chi connectivity index (χ3v) is 3.87. The lowest BCUT2D eigenvalue weighted by Gasteiger charge is -2.31. The maximum absolute atomic E-state index is 11.9. The van der Waals surface area contributed by atoms with Crippen LogP contribution in [0.3, 0.4) is 0 Å². The highest BCUT2D eigenvalue weighted by atomic mass is 16.5. The lowest BCUT2D eigenvalue weighted by atomic mass is 9.99. The second-order valence-electron chi connectivity index (χ2n) is 5.32. The maximum atomic E-state index is 11.9. The summed E-state index contributed by atoms with van der Waals surface area (Å²) >= 11 is 0. The summed E-state index contributed by atoms with van der Waals surface area (Å²) in [6.45, 7) is 6.39. The molecule has 2 aliphatic heterocycles. The number of ether oxygens (including phenoxy) is 1. The average molecular weight is 240 g/mol. The van der Waals surface area contributed by atoms with E-state index in [1.807, 2.05) is 4.90 Å². The van der Waals surface area contributed by atoms with Gasteiger partial charge in [-0.1, -0.05) is 6.92 Å². The molecule has 4 nitrogen and oxygen atoms in total. The highest BCUT2D eigenvalue weighted by molar-refractivity contribution is 5.77. The number of nitrogens with zero attached hydrogens (tertiary/aromatic N) is 1. The third kappa shape index (κ3) is 3.96. The van der Waals surface area contributed by atoms with Crippen molar-refractivity contribution in [2.24, 2.45) is 5.92 Å². The molecule has 2 saturated heterocycles. The standard InChI is InChI=1S/C13H24N2O2/c1-11-4-8-15(9-5-11)13(16)10-17-12-2-6-14-7-3-12/h11-12,14H,2-10H2,1H3. The Hall–Kier alpha value is -0.610. The number of hydrogen-bond donors (Lipinski definition) is 1. The molecular formula is C13H24N2O2. The van der Waals surface area contributed by atoms with Crippen molar-refractivity contribution in [2.75, 3.05) is 32.8 Å². The number of rotatable bonds is 3. The van der Waals surface area contributed by atoms with Gasteiger partial charge in [0.1, 0.15) is 6.61 Å². The molecule has 2 heterocycles. The number of carbonyl (C=O) groups excluding carboxylic acids is 1. The lowest BCUT2D eigenvalue weighted by molar-refractivity contribution is -0.140. The minimum Gasteiger partial charge on any atom is -0.368 e. The van der Waals surface area contributed by atoms with Gasteiger partial charge in [-0.05, 0) is 44.7 Å². The fourth-order valence-electron chi connectivity index (χ4n) is 2.50. The zero-order chi connectivity index (χ0) is 12.1. The summed E-state index contributed by atoms with van der Waals surface area (Å²) in [6, 6.07) is 0. The summed E-state index contributed by atoms with van der Waals surface area (Å²) in [6.07, 6.45) is 4.62. The molecular weight excluding hydrogens is 216 g/mol. The summed E-state index contributed by atoms with van der Waals surface area (Å²) in [4.78, 5) is 13.9. The van der Waals surface area contributed by atoms with E-state index in [0.29, 0.717) is 0 Å². The molecule has 0 bridgehead atoms. The Labute approximate surface area is 104 Å². The first-order valence-electron chi connectivity index (χ1n) is 6.86. The quantitative estimate of drug-likeness (QED) is 0.800. The molecule has 4 heteroatoms. The summed E-state index contributed by atoms with van der Waals surface area (Å²) in [5, 5.41) is 3.30. The van der Waals surface area contributed by atoms with E-state index in [2.05, 4.69) is 12.2 Å². The van der Waals surface area contributed by atoms with Gasteiger partial charge in [0.05, 0.1) is 6.10 Å². The monoisotopic (exact) mass is 240 g/mol. The molecule has 0 aromatic carbocycles. The first-order chi connectivity index (χ1) is 8.25. The predicted molar refractivity (Wildman–Crippen MR) is 66.8 cm³/mol. The molecule has 2 fully saturated rings. The molecule has 2 aliphatic rings. The predicted octanol–water partition coefficient (Wildman–Crippen LogP) is 1.01. The van der Waals surface area contributed by atoms with E-state index in [4.69, 9.17) is 4.74 Å². The van der Waals surface area contributed by atoms with E-state index < -0.39 is 0 Å². The molecule has 1 N–H and O–H groups in total. The second-order valence-corrected chi connectivity index (χ2v) is 5.32. The van der Waals surface area contributed by atoms with Crippen molar-refractivity contribution in [1.82, 2.24) is 10.2 Å². The van der Waals surface area contributed by atoms with Crippen molar-refractivity contribution in [3.63, 3.8) is 0 Å². The van der Waals surface area contributed by atoms with Crippen LogP contribution in [0.25, 0.3) is 0 Å². The number of nitrogens with one attached hydrogen (secondary N) is 1. The smallest absolute Gasteiger partial charge is 0.248 e. The molecule has 0 unspecified atom stereocenters. The molecule has 0 atom stereocenters. The first-order valence-corrected chi connectivity index (χ1v) is 6.86. The van der Waals surface area contributed by atoms with E-state index in [1.54, 1.807) is 0 Å². The number of hydrogen-bond acceptors (Lipinski definition) is 3. The SMILES string of the molecule is CC1CCN(C(=O)COC2CCNCC2)CC1. The number of amides is 1. The minimum atomic E-state index is 0.176. The Morgan fingerprint density at radius 3 is 2.53 bits per heavy atom. The second kappa shape index (κ2) is 6.36. The van der Waals surface area contributed by atoms with Crippen molar-refractivity contribution in [1.29, 1.82) is 0 Å². The van der Waals surface area contributed by atoms with Gasteiger partial charge in [-0.25, -0.2) is 0 Å². The van der Waals surface area contributed by atoms with E-state index in [9.17, 15) is 4.79 Å². The van der Waals surface area contributed by atoms with E-state index in [1.165, 1.54) is 0 Å². The number of piperidine rings is 2. The van der Waals surface area contributed by atoms with Gasteiger partial charge in [-0.2, -0.15) is 0 Å². The van der Waals surface area contributed by atoms with Crippen molar-refractivity contribution in [3.8, 4) is 0 Å². The van der Waals surface area contributed by atoms with Gasteiger partial charge in [-0.3, -0.25) is 4.79 Å². The van der Waals surface area contributed by atoms with Gasteiger partial charge in [0.15, 0.2) is 0 Å². The van der Waals surface area contributed by atoms with E-state index in [-0.39, 0.29) is 18.6 Å². The van der Waals surface area contributed by atoms with Crippen LogP contribution in [0.4, 0.5) is 0 Å². The fourth-order valence-corrected chi connectivity index (χ4v) is 2.50. The third-order valence-electron chi connectivity index (χ3n) is 3.87. The molecule has 0 spiro atoms. The van der Waals surface area contributed by atoms with Crippen LogP contribution in [0.1, 0.15) is 32.6 Å². The van der Waals surface area contributed by atoms with Gasteiger partial charge >= 0.3 is 0 Å². The van der Waals surface area contributed by atoms with E-state index >= 15 is 0 Å². The van der Waals surface area contributed by atoms with Gasteiger partial charge in [0.25, 0.3) is 0 Å². The number of carbonyl (C=O) groups is 1. The van der Waals surface area contributed by atoms with Crippen LogP contribution in [0.2, 0.25) is 0 Å². The van der Waals surface area contributed by atoms with Crippen molar-refractivity contribution in [2.45, 2.75) is 38.7 Å². The van der Waals surface area contributed by atoms with Crippen molar-refractivity contribution in [3.05, 3.63) is 0 Å². The Kier molecular flexibility index (Phi) is 4.80. The van der Waals surface area contributed by atoms with Crippen LogP contribution >= 0.6 is 0 Å². The molecule has 0 aliphatic carbocycles. The Morgan fingerprint density at radius 2 is 1.88 bits per heavy atom. The van der Waals surface area contributed by atoms with Gasteiger partial charge in [0, 0.05) is 13.1 Å². The normalized spacial score (nSPS) is 23.9. The van der Waals surface area contributed by atoms with E-state index in [0.717, 1.165) is 57.8 Å². The molecule has 0 aromatic heterocycles. The summed E-state index contributed by atoms with van der Waals surface area (Å²) in [7, 11) is 0. The van der Waals surface area contributed by atoms with Crippen LogP contribution in [0.5, 0.6) is 0 Å². The summed E-state index contributed by atoms with van der Waals surface area (Å²) in [5.41, 5.74) is 0. The zero-order valence-corrected chi connectivity index (χ0v) is 10.8. The van der Waals surface area contributed by atoms with Crippen molar-refractivity contribution >= 4 is 5.91 Å². The Balaban J connectivity index is 1.66. The highest BCUT2D eigenvalue weighted by Gasteiger charge is 2.21. The molecule has 2 rings (SSSR count). The summed E-state index contributed by atoms with van der Waals surface area (Å²) < 4.78 is 5.69. The molecule has 0 aromatic rings. The highest BCUT2D eigenvalue weighted by Crippen LogP contribution is 2.16. The average Bonchev–Trinajstić information content (AvgIpc) is 2.38. The number of likely N-dealkylation sites (tertiary alicyclic amines) is 1. The van der Waals surface area contributed by atoms with Gasteiger partial charge in [0.2, 0.25) is 5.91 Å². The van der Waals surface area contributed by atoms with Crippen molar-refractivity contribution < 1.29 is 9.53 Å². The van der Waals surface area contributed by atoms with Crippen LogP contribution in [0.15, 0.2) is 0 Å². The first kappa shape index (κ1) is 12.8. The van der Waals surface area contributed by atoms with Crippen LogP contribution < -0.4 is 5.32 Å². The minimum absolute atomic E-state index is 0.176. The van der Waals surface area contributed by atoms with Crippen LogP contribution in [-0.2, 0) is 9.53 Å². The zero-order valence-electron chi connectivity index (χ0n) is 10.8. The van der Waals surface area contributed by atoms with Crippen LogP contribution in [-0.4, -0.2) is 49.7 Å². The molecule has 0 radical (unpaired) electrons. The molecule has 0 saturated carbocycles. The largest absolute Gasteiger partial charge is 0.368 e.